The van der Waals surface area contributed by atoms with Crippen LogP contribution >= 0.6 is 0 Å². The summed E-state index contributed by atoms with van der Waals surface area (Å²) in [5.41, 5.74) is -0.0691. The molecule has 1 N–H and O–H groups in total. The fraction of sp³-hybridized carbons (Fsp3) is 0.346. The quantitative estimate of drug-likeness (QED) is 0.516. The van der Waals surface area contributed by atoms with Gasteiger partial charge < -0.3 is 10.1 Å². The van der Waals surface area contributed by atoms with Crippen LogP contribution in [0.5, 0.6) is 0 Å². The summed E-state index contributed by atoms with van der Waals surface area (Å²) in [7, 11) is 1.28. The second-order valence-corrected chi connectivity index (χ2v) is 8.56. The van der Waals surface area contributed by atoms with Gasteiger partial charge in [-0.2, -0.15) is 13.2 Å². The maximum Gasteiger partial charge on any atom is 0.416 e. The number of hydrogen-bond acceptors (Lipinski definition) is 5. The highest BCUT2D eigenvalue weighted by Crippen LogP contribution is 2.50. The summed E-state index contributed by atoms with van der Waals surface area (Å²) in [5, 5.41) is 3.22. The molecule has 35 heavy (non-hydrogen) atoms. The third-order valence-electron chi connectivity index (χ3n) is 6.73. The van der Waals surface area contributed by atoms with Gasteiger partial charge in [0.25, 0.3) is 5.91 Å². The minimum absolute atomic E-state index is 0.174. The van der Waals surface area contributed by atoms with E-state index >= 15 is 0 Å². The van der Waals surface area contributed by atoms with Gasteiger partial charge in [-0.25, -0.2) is 9.69 Å². The number of fused-ring (bicyclic) bond motifs is 2. The molecule has 1 fully saturated rings. The lowest BCUT2D eigenvalue weighted by atomic mass is 9.71. The number of ether oxygens (including phenoxy) is 1. The van der Waals surface area contributed by atoms with Crippen molar-refractivity contribution < 1.29 is 32.3 Å². The second-order valence-electron chi connectivity index (χ2n) is 8.56. The summed E-state index contributed by atoms with van der Waals surface area (Å²) >= 11 is 0. The molecule has 1 spiro atoms. The SMILES string of the molecule is CCc1c(C(=O)OC)ccc2c1C1(CCNCC1)C(=O)N2C(=O)/C=C/c1ccccc1C(F)(F)F. The number of hydrogen-bond donors (Lipinski definition) is 1. The molecule has 2 amide bonds. The first-order chi connectivity index (χ1) is 16.7. The standard InChI is InChI=1S/C26H25F3N2O4/c1-3-17-18(23(33)35-2)9-10-20-22(17)25(12-14-30-15-13-25)24(34)31(20)21(32)11-8-16-6-4-5-7-19(16)26(27,28)29/h4-11,30H,3,12-15H2,1-2H3/b11-8+. The Bertz CT molecular complexity index is 1210. The van der Waals surface area contributed by atoms with Gasteiger partial charge in [0.1, 0.15) is 0 Å². The van der Waals surface area contributed by atoms with Crippen molar-refractivity contribution in [1.29, 1.82) is 0 Å². The summed E-state index contributed by atoms with van der Waals surface area (Å²) in [5.74, 6) is -1.70. The van der Waals surface area contributed by atoms with E-state index < -0.39 is 34.9 Å². The predicted octanol–water partition coefficient (Wildman–Crippen LogP) is 4.26. The van der Waals surface area contributed by atoms with Gasteiger partial charge in [0.15, 0.2) is 0 Å². The van der Waals surface area contributed by atoms with Crippen LogP contribution in [0.25, 0.3) is 6.08 Å². The van der Waals surface area contributed by atoms with Crippen LogP contribution in [0.1, 0.15) is 52.4 Å². The molecule has 4 rings (SSSR count). The van der Waals surface area contributed by atoms with Crippen LogP contribution in [0, 0.1) is 0 Å². The Morgan fingerprint density at radius 2 is 1.83 bits per heavy atom. The number of carbonyl (C=O) groups excluding carboxylic acids is 3. The van der Waals surface area contributed by atoms with Crippen LogP contribution in [0.2, 0.25) is 0 Å². The van der Waals surface area contributed by atoms with Gasteiger partial charge in [-0.3, -0.25) is 9.59 Å². The number of alkyl halides is 3. The number of amides is 2. The molecule has 2 heterocycles. The maximum atomic E-state index is 13.8. The Morgan fingerprint density at radius 1 is 1.14 bits per heavy atom. The molecule has 0 aromatic heterocycles. The van der Waals surface area contributed by atoms with Gasteiger partial charge in [-0.05, 0) is 73.3 Å². The largest absolute Gasteiger partial charge is 0.465 e. The average Bonchev–Trinajstić information content (AvgIpc) is 3.09. The fourth-order valence-corrected chi connectivity index (χ4v) is 5.13. The minimum Gasteiger partial charge on any atom is -0.465 e. The van der Waals surface area contributed by atoms with E-state index in [4.69, 9.17) is 4.74 Å². The molecule has 2 aromatic carbocycles. The highest BCUT2D eigenvalue weighted by Gasteiger charge is 2.54. The van der Waals surface area contributed by atoms with Crippen molar-refractivity contribution in [2.75, 3.05) is 25.1 Å². The summed E-state index contributed by atoms with van der Waals surface area (Å²) in [6.45, 7) is 2.96. The maximum absolute atomic E-state index is 13.8. The summed E-state index contributed by atoms with van der Waals surface area (Å²) in [6, 6.07) is 7.99. The molecule has 6 nitrogen and oxygen atoms in total. The van der Waals surface area contributed by atoms with Gasteiger partial charge in [0, 0.05) is 6.08 Å². The van der Waals surface area contributed by atoms with Crippen molar-refractivity contribution in [2.24, 2.45) is 0 Å². The van der Waals surface area contributed by atoms with E-state index in [1.807, 2.05) is 6.92 Å². The van der Waals surface area contributed by atoms with E-state index in [1.54, 1.807) is 6.07 Å². The lowest BCUT2D eigenvalue weighted by Gasteiger charge is -2.34. The van der Waals surface area contributed by atoms with E-state index in [9.17, 15) is 27.6 Å². The number of anilines is 1. The Balaban J connectivity index is 1.81. The molecule has 1 saturated heterocycles. The Labute approximate surface area is 200 Å². The highest BCUT2D eigenvalue weighted by molar-refractivity contribution is 6.26. The smallest absolute Gasteiger partial charge is 0.416 e. The zero-order chi connectivity index (χ0) is 25.4. The lowest BCUT2D eigenvalue weighted by molar-refractivity contribution is -0.137. The van der Waals surface area contributed by atoms with Crippen molar-refractivity contribution in [3.63, 3.8) is 0 Å². The summed E-state index contributed by atoms with van der Waals surface area (Å²) in [4.78, 5) is 40.5. The molecule has 2 aromatic rings. The van der Waals surface area contributed by atoms with E-state index in [0.29, 0.717) is 54.7 Å². The van der Waals surface area contributed by atoms with Crippen molar-refractivity contribution in [1.82, 2.24) is 5.32 Å². The van der Waals surface area contributed by atoms with Crippen molar-refractivity contribution >= 4 is 29.5 Å². The number of halogens is 3. The van der Waals surface area contributed by atoms with Crippen LogP contribution in [-0.4, -0.2) is 38.0 Å². The highest BCUT2D eigenvalue weighted by atomic mass is 19.4. The van der Waals surface area contributed by atoms with Gasteiger partial charge in [-0.15, -0.1) is 0 Å². The summed E-state index contributed by atoms with van der Waals surface area (Å²) < 4.78 is 45.0. The van der Waals surface area contributed by atoms with Crippen LogP contribution in [0.4, 0.5) is 18.9 Å². The number of methoxy groups -OCH3 is 1. The van der Waals surface area contributed by atoms with Crippen molar-refractivity contribution in [3.8, 4) is 0 Å². The average molecular weight is 486 g/mol. The number of nitrogens with zero attached hydrogens (tertiary/aromatic N) is 1. The molecule has 0 unspecified atom stereocenters. The topological polar surface area (TPSA) is 75.7 Å². The zero-order valence-electron chi connectivity index (χ0n) is 19.4. The molecular weight excluding hydrogens is 461 g/mol. The van der Waals surface area contributed by atoms with Crippen molar-refractivity contribution in [2.45, 2.75) is 37.8 Å². The molecule has 0 radical (unpaired) electrons. The second kappa shape index (κ2) is 9.30. The number of benzene rings is 2. The number of imide groups is 1. The first kappa shape index (κ1) is 24.7. The molecule has 2 aliphatic rings. The monoisotopic (exact) mass is 486 g/mol. The first-order valence-electron chi connectivity index (χ1n) is 11.3. The molecular formula is C26H25F3N2O4. The molecule has 9 heteroatoms. The van der Waals surface area contributed by atoms with E-state index in [2.05, 4.69) is 5.32 Å². The zero-order valence-corrected chi connectivity index (χ0v) is 19.4. The van der Waals surface area contributed by atoms with Crippen molar-refractivity contribution in [3.05, 3.63) is 70.3 Å². The molecule has 184 valence electrons. The predicted molar refractivity (Wildman–Crippen MR) is 124 cm³/mol. The molecule has 0 atom stereocenters. The van der Waals surface area contributed by atoms with Crippen LogP contribution in [-0.2, 0) is 32.3 Å². The molecule has 2 aliphatic heterocycles. The first-order valence-corrected chi connectivity index (χ1v) is 11.3. The van der Waals surface area contributed by atoms with E-state index in [1.165, 1.54) is 31.4 Å². The fourth-order valence-electron chi connectivity index (χ4n) is 5.13. The normalized spacial score (nSPS) is 17.2. The van der Waals surface area contributed by atoms with Crippen LogP contribution in [0.15, 0.2) is 42.5 Å². The number of esters is 1. The number of carbonyl (C=O) groups is 3. The van der Waals surface area contributed by atoms with Crippen LogP contribution in [0.3, 0.4) is 0 Å². The molecule has 0 aliphatic carbocycles. The lowest BCUT2D eigenvalue weighted by Crippen LogP contribution is -2.48. The minimum atomic E-state index is -4.58. The van der Waals surface area contributed by atoms with Crippen LogP contribution < -0.4 is 10.2 Å². The third kappa shape index (κ3) is 4.14. The summed E-state index contributed by atoms with van der Waals surface area (Å²) in [6.07, 6.45) is -1.21. The van der Waals surface area contributed by atoms with E-state index in [-0.39, 0.29) is 5.56 Å². The van der Waals surface area contributed by atoms with Gasteiger partial charge >= 0.3 is 12.1 Å². The Morgan fingerprint density at radius 3 is 2.46 bits per heavy atom. The number of piperidine rings is 1. The third-order valence-corrected chi connectivity index (χ3v) is 6.73. The Hall–Kier alpha value is -3.46. The molecule has 0 bridgehead atoms. The number of rotatable bonds is 4. The van der Waals surface area contributed by atoms with Gasteiger partial charge in [-0.1, -0.05) is 25.1 Å². The molecule has 0 saturated carbocycles. The number of nitrogens with one attached hydrogen (secondary N) is 1. The van der Waals surface area contributed by atoms with E-state index in [0.717, 1.165) is 23.1 Å². The Kier molecular flexibility index (Phi) is 6.55. The van der Waals surface area contributed by atoms with Gasteiger partial charge in [0.2, 0.25) is 5.91 Å². The van der Waals surface area contributed by atoms with Gasteiger partial charge in [0.05, 0.1) is 29.3 Å².